The van der Waals surface area contributed by atoms with Crippen molar-refractivity contribution in [2.75, 3.05) is 0 Å². The van der Waals surface area contributed by atoms with Crippen molar-refractivity contribution < 1.29 is 19.8 Å². The summed E-state index contributed by atoms with van der Waals surface area (Å²) in [6.45, 7) is 3.89. The number of rotatable bonds is 9. The number of aliphatic carboxylic acids is 2. The average molecular weight is 230 g/mol. The van der Waals surface area contributed by atoms with Gasteiger partial charge in [-0.05, 0) is 25.7 Å². The van der Waals surface area contributed by atoms with Crippen LogP contribution < -0.4 is 0 Å². The van der Waals surface area contributed by atoms with Gasteiger partial charge in [0.1, 0.15) is 0 Å². The lowest BCUT2D eigenvalue weighted by Crippen LogP contribution is -2.30. The topological polar surface area (TPSA) is 74.6 Å². The molecule has 0 saturated carbocycles. The van der Waals surface area contributed by atoms with Crippen LogP contribution in [0.2, 0.25) is 0 Å². The summed E-state index contributed by atoms with van der Waals surface area (Å²) in [6.07, 6.45) is 4.03. The molecule has 0 amide bonds. The normalized spacial score (nSPS) is 14.4. The molecular formula is C12H22O4. The highest BCUT2D eigenvalue weighted by molar-refractivity contribution is 5.74. The summed E-state index contributed by atoms with van der Waals surface area (Å²) in [4.78, 5) is 21.7. The van der Waals surface area contributed by atoms with Crippen molar-refractivity contribution in [2.24, 2.45) is 5.41 Å². The SMILES string of the molecule is CCCCC(CC)(CCCC(=O)O)C(=O)O. The van der Waals surface area contributed by atoms with E-state index in [1.54, 1.807) is 0 Å². The van der Waals surface area contributed by atoms with Gasteiger partial charge in [-0.1, -0.05) is 26.7 Å². The molecule has 94 valence electrons. The summed E-state index contributed by atoms with van der Waals surface area (Å²) >= 11 is 0. The number of carboxylic acids is 2. The molecule has 2 N–H and O–H groups in total. The fourth-order valence-corrected chi connectivity index (χ4v) is 1.94. The number of hydrogen-bond donors (Lipinski definition) is 2. The van der Waals surface area contributed by atoms with Crippen LogP contribution in [0.25, 0.3) is 0 Å². The minimum absolute atomic E-state index is 0.0567. The standard InChI is InChI=1S/C12H22O4/c1-3-5-8-12(4-2,11(15)16)9-6-7-10(13)14/h3-9H2,1-2H3,(H,13,14)(H,15,16). The second-order valence-corrected chi connectivity index (χ2v) is 4.29. The molecule has 0 bridgehead atoms. The maximum Gasteiger partial charge on any atom is 0.309 e. The van der Waals surface area contributed by atoms with Gasteiger partial charge in [0.05, 0.1) is 5.41 Å². The fourth-order valence-electron chi connectivity index (χ4n) is 1.94. The highest BCUT2D eigenvalue weighted by Gasteiger charge is 2.35. The number of carbonyl (C=O) groups is 2. The third kappa shape index (κ3) is 4.64. The van der Waals surface area contributed by atoms with Gasteiger partial charge in [-0.3, -0.25) is 9.59 Å². The van der Waals surface area contributed by atoms with Crippen LogP contribution in [-0.4, -0.2) is 22.2 Å². The average Bonchev–Trinajstić information content (AvgIpc) is 2.22. The lowest BCUT2D eigenvalue weighted by atomic mass is 9.76. The van der Waals surface area contributed by atoms with Crippen molar-refractivity contribution in [3.05, 3.63) is 0 Å². The van der Waals surface area contributed by atoms with Gasteiger partial charge in [0.15, 0.2) is 0 Å². The smallest absolute Gasteiger partial charge is 0.309 e. The second-order valence-electron chi connectivity index (χ2n) is 4.29. The van der Waals surface area contributed by atoms with E-state index in [0.717, 1.165) is 12.8 Å². The molecule has 0 fully saturated rings. The summed E-state index contributed by atoms with van der Waals surface area (Å²) in [5, 5.41) is 17.8. The molecule has 0 aliphatic rings. The summed E-state index contributed by atoms with van der Waals surface area (Å²) in [6, 6.07) is 0. The van der Waals surface area contributed by atoms with E-state index in [1.807, 2.05) is 13.8 Å². The Bertz CT molecular complexity index is 237. The molecule has 0 spiro atoms. The Kier molecular flexibility index (Phi) is 6.77. The van der Waals surface area contributed by atoms with Crippen molar-refractivity contribution in [1.29, 1.82) is 0 Å². The van der Waals surface area contributed by atoms with Crippen molar-refractivity contribution in [2.45, 2.75) is 58.8 Å². The molecule has 0 aromatic heterocycles. The minimum atomic E-state index is -0.856. The molecule has 4 nitrogen and oxygen atoms in total. The number of unbranched alkanes of at least 4 members (excludes halogenated alkanes) is 1. The van der Waals surface area contributed by atoms with Crippen molar-refractivity contribution in [3.63, 3.8) is 0 Å². The van der Waals surface area contributed by atoms with Crippen LogP contribution in [0.15, 0.2) is 0 Å². The number of carboxylic acid groups (broad SMARTS) is 2. The second kappa shape index (κ2) is 7.25. The summed E-state index contributed by atoms with van der Waals surface area (Å²) in [5.41, 5.74) is -0.717. The first-order valence-corrected chi connectivity index (χ1v) is 5.93. The first-order chi connectivity index (χ1) is 7.48. The first kappa shape index (κ1) is 14.9. The van der Waals surface area contributed by atoms with Crippen LogP contribution in [0.1, 0.15) is 58.8 Å². The van der Waals surface area contributed by atoms with E-state index in [-0.39, 0.29) is 6.42 Å². The molecule has 0 aliphatic heterocycles. The third-order valence-electron chi connectivity index (χ3n) is 3.19. The van der Waals surface area contributed by atoms with Gasteiger partial charge < -0.3 is 10.2 Å². The third-order valence-corrected chi connectivity index (χ3v) is 3.19. The Balaban J connectivity index is 4.38. The van der Waals surface area contributed by atoms with Gasteiger partial charge in [0.2, 0.25) is 0 Å². The van der Waals surface area contributed by atoms with Crippen LogP contribution in [-0.2, 0) is 9.59 Å². The maximum absolute atomic E-state index is 11.3. The van der Waals surface area contributed by atoms with Crippen LogP contribution in [0.4, 0.5) is 0 Å². The molecule has 0 rings (SSSR count). The zero-order chi connectivity index (χ0) is 12.6. The Morgan fingerprint density at radius 3 is 2.00 bits per heavy atom. The molecule has 1 atom stereocenters. The zero-order valence-electron chi connectivity index (χ0n) is 10.2. The molecule has 0 aromatic carbocycles. The quantitative estimate of drug-likeness (QED) is 0.638. The molecular weight excluding hydrogens is 208 g/mol. The van der Waals surface area contributed by atoms with Crippen molar-refractivity contribution in [1.82, 2.24) is 0 Å². The van der Waals surface area contributed by atoms with Crippen LogP contribution in [0.5, 0.6) is 0 Å². The Morgan fingerprint density at radius 2 is 1.62 bits per heavy atom. The van der Waals surface area contributed by atoms with E-state index < -0.39 is 17.4 Å². The highest BCUT2D eigenvalue weighted by Crippen LogP contribution is 2.34. The first-order valence-electron chi connectivity index (χ1n) is 5.93. The van der Waals surface area contributed by atoms with E-state index in [1.165, 1.54) is 0 Å². The Morgan fingerprint density at radius 1 is 1.06 bits per heavy atom. The molecule has 16 heavy (non-hydrogen) atoms. The van der Waals surface area contributed by atoms with E-state index in [9.17, 15) is 14.7 Å². The predicted octanol–water partition coefficient (Wildman–Crippen LogP) is 2.91. The maximum atomic E-state index is 11.3. The summed E-state index contributed by atoms with van der Waals surface area (Å²) in [5.74, 6) is -1.64. The zero-order valence-corrected chi connectivity index (χ0v) is 10.2. The molecule has 0 saturated heterocycles. The Hall–Kier alpha value is -1.06. The van der Waals surface area contributed by atoms with E-state index in [2.05, 4.69) is 0 Å². The lowest BCUT2D eigenvalue weighted by molar-refractivity contribution is -0.151. The fraction of sp³-hybridized carbons (Fsp3) is 0.833. The molecule has 0 aliphatic carbocycles. The highest BCUT2D eigenvalue weighted by atomic mass is 16.4. The monoisotopic (exact) mass is 230 g/mol. The van der Waals surface area contributed by atoms with Crippen molar-refractivity contribution >= 4 is 11.9 Å². The van der Waals surface area contributed by atoms with Crippen LogP contribution >= 0.6 is 0 Å². The van der Waals surface area contributed by atoms with Gasteiger partial charge in [-0.25, -0.2) is 0 Å². The van der Waals surface area contributed by atoms with Crippen LogP contribution in [0, 0.1) is 5.41 Å². The van der Waals surface area contributed by atoms with Crippen LogP contribution in [0.3, 0.4) is 0 Å². The van der Waals surface area contributed by atoms with E-state index >= 15 is 0 Å². The van der Waals surface area contributed by atoms with E-state index in [4.69, 9.17) is 5.11 Å². The van der Waals surface area contributed by atoms with Gasteiger partial charge in [-0.15, -0.1) is 0 Å². The largest absolute Gasteiger partial charge is 0.481 e. The van der Waals surface area contributed by atoms with Crippen molar-refractivity contribution in [3.8, 4) is 0 Å². The molecule has 4 heteroatoms. The number of hydrogen-bond acceptors (Lipinski definition) is 2. The molecule has 0 radical (unpaired) electrons. The van der Waals surface area contributed by atoms with Gasteiger partial charge >= 0.3 is 11.9 Å². The molecule has 0 aromatic rings. The predicted molar refractivity (Wildman–Crippen MR) is 61.4 cm³/mol. The van der Waals surface area contributed by atoms with E-state index in [0.29, 0.717) is 25.7 Å². The van der Waals surface area contributed by atoms with Gasteiger partial charge in [0.25, 0.3) is 0 Å². The lowest BCUT2D eigenvalue weighted by Gasteiger charge is -2.27. The molecule has 0 heterocycles. The molecule has 1 unspecified atom stereocenters. The minimum Gasteiger partial charge on any atom is -0.481 e. The Labute approximate surface area is 96.7 Å². The van der Waals surface area contributed by atoms with Gasteiger partial charge in [0, 0.05) is 6.42 Å². The summed E-state index contributed by atoms with van der Waals surface area (Å²) in [7, 11) is 0. The summed E-state index contributed by atoms with van der Waals surface area (Å²) < 4.78 is 0. The van der Waals surface area contributed by atoms with Gasteiger partial charge in [-0.2, -0.15) is 0 Å².